The standard InChI is InChI=1S/C14H15N3O3/c18-13-5-4-10(14(19)20)7-17(13)9-11-8-16-6-2-1-3-12(16)15-11/h1-3,6,8,10H,4-5,7,9H2,(H,19,20). The van der Waals surface area contributed by atoms with Gasteiger partial charge in [0.15, 0.2) is 0 Å². The van der Waals surface area contributed by atoms with Crippen molar-refractivity contribution < 1.29 is 14.7 Å². The van der Waals surface area contributed by atoms with Gasteiger partial charge in [-0.1, -0.05) is 6.07 Å². The van der Waals surface area contributed by atoms with Gasteiger partial charge in [0.25, 0.3) is 0 Å². The Labute approximate surface area is 115 Å². The molecule has 1 atom stereocenters. The van der Waals surface area contributed by atoms with Crippen molar-refractivity contribution in [2.24, 2.45) is 5.92 Å². The van der Waals surface area contributed by atoms with E-state index in [2.05, 4.69) is 4.98 Å². The molecular formula is C14H15N3O3. The molecular weight excluding hydrogens is 258 g/mol. The molecule has 0 aromatic carbocycles. The largest absolute Gasteiger partial charge is 0.481 e. The number of aromatic nitrogens is 2. The van der Waals surface area contributed by atoms with Gasteiger partial charge in [-0.3, -0.25) is 9.59 Å². The molecule has 20 heavy (non-hydrogen) atoms. The first-order valence-corrected chi connectivity index (χ1v) is 6.56. The van der Waals surface area contributed by atoms with Crippen LogP contribution >= 0.6 is 0 Å². The molecule has 0 saturated carbocycles. The van der Waals surface area contributed by atoms with Gasteiger partial charge in [0.1, 0.15) is 5.65 Å². The van der Waals surface area contributed by atoms with E-state index in [0.717, 1.165) is 11.3 Å². The van der Waals surface area contributed by atoms with Crippen LogP contribution in [-0.2, 0) is 16.1 Å². The van der Waals surface area contributed by atoms with Crippen molar-refractivity contribution in [2.75, 3.05) is 6.54 Å². The van der Waals surface area contributed by atoms with Crippen LogP contribution in [0.5, 0.6) is 0 Å². The Bertz CT molecular complexity index is 631. The van der Waals surface area contributed by atoms with E-state index in [4.69, 9.17) is 5.11 Å². The highest BCUT2D eigenvalue weighted by molar-refractivity contribution is 5.80. The second kappa shape index (κ2) is 4.96. The van der Waals surface area contributed by atoms with Crippen LogP contribution in [-0.4, -0.2) is 37.8 Å². The van der Waals surface area contributed by atoms with Crippen molar-refractivity contribution in [2.45, 2.75) is 19.4 Å². The van der Waals surface area contributed by atoms with Crippen LogP contribution in [0, 0.1) is 5.92 Å². The number of rotatable bonds is 3. The third-order valence-corrected chi connectivity index (χ3v) is 3.62. The number of imidazole rings is 1. The number of carbonyl (C=O) groups excluding carboxylic acids is 1. The molecule has 0 bridgehead atoms. The van der Waals surface area contributed by atoms with E-state index in [-0.39, 0.29) is 12.5 Å². The van der Waals surface area contributed by atoms with Crippen LogP contribution in [0.1, 0.15) is 18.5 Å². The monoisotopic (exact) mass is 273 g/mol. The minimum atomic E-state index is -0.836. The van der Waals surface area contributed by atoms with Crippen molar-refractivity contribution in [3.05, 3.63) is 36.3 Å². The summed E-state index contributed by atoms with van der Waals surface area (Å²) < 4.78 is 1.89. The summed E-state index contributed by atoms with van der Waals surface area (Å²) in [5, 5.41) is 9.07. The number of likely N-dealkylation sites (tertiary alicyclic amines) is 1. The van der Waals surface area contributed by atoms with Gasteiger partial charge in [-0.15, -0.1) is 0 Å². The van der Waals surface area contributed by atoms with Gasteiger partial charge in [-0.2, -0.15) is 0 Å². The van der Waals surface area contributed by atoms with Crippen LogP contribution in [0.4, 0.5) is 0 Å². The van der Waals surface area contributed by atoms with E-state index in [9.17, 15) is 9.59 Å². The predicted octanol–water partition coefficient (Wildman–Crippen LogP) is 1.16. The summed E-state index contributed by atoms with van der Waals surface area (Å²) >= 11 is 0. The molecule has 1 aliphatic rings. The fourth-order valence-corrected chi connectivity index (χ4v) is 2.53. The Morgan fingerprint density at radius 2 is 2.30 bits per heavy atom. The number of carboxylic acid groups (broad SMARTS) is 1. The maximum Gasteiger partial charge on any atom is 0.308 e. The average Bonchev–Trinajstić information content (AvgIpc) is 2.83. The SMILES string of the molecule is O=C(O)C1CCC(=O)N(Cc2cn3ccccc3n2)C1. The Balaban J connectivity index is 1.78. The van der Waals surface area contributed by atoms with Crippen molar-refractivity contribution in [1.29, 1.82) is 0 Å². The second-order valence-electron chi connectivity index (χ2n) is 5.05. The summed E-state index contributed by atoms with van der Waals surface area (Å²) in [6.45, 7) is 0.631. The van der Waals surface area contributed by atoms with E-state index in [1.54, 1.807) is 4.90 Å². The molecule has 1 N–H and O–H groups in total. The third-order valence-electron chi connectivity index (χ3n) is 3.62. The molecule has 3 heterocycles. The molecule has 1 saturated heterocycles. The van der Waals surface area contributed by atoms with Crippen LogP contribution in [0.15, 0.2) is 30.6 Å². The van der Waals surface area contributed by atoms with Crippen LogP contribution in [0.2, 0.25) is 0 Å². The number of nitrogens with zero attached hydrogens (tertiary/aromatic N) is 3. The molecule has 1 amide bonds. The molecule has 1 fully saturated rings. The van der Waals surface area contributed by atoms with E-state index in [1.165, 1.54) is 0 Å². The number of piperidine rings is 1. The van der Waals surface area contributed by atoms with Gasteiger partial charge < -0.3 is 14.4 Å². The molecule has 104 valence electrons. The lowest BCUT2D eigenvalue weighted by atomic mass is 9.98. The number of carboxylic acids is 1. The number of pyridine rings is 1. The molecule has 1 aliphatic heterocycles. The second-order valence-corrected chi connectivity index (χ2v) is 5.05. The lowest BCUT2D eigenvalue weighted by Crippen LogP contribution is -2.42. The highest BCUT2D eigenvalue weighted by atomic mass is 16.4. The summed E-state index contributed by atoms with van der Waals surface area (Å²) in [4.78, 5) is 28.9. The zero-order chi connectivity index (χ0) is 14.1. The van der Waals surface area contributed by atoms with Crippen LogP contribution in [0.25, 0.3) is 5.65 Å². The Kier molecular flexibility index (Phi) is 3.14. The normalized spacial score (nSPS) is 19.5. The van der Waals surface area contributed by atoms with E-state index in [0.29, 0.717) is 19.4 Å². The molecule has 6 heteroatoms. The summed E-state index contributed by atoms with van der Waals surface area (Å²) in [5.41, 5.74) is 1.59. The first-order chi connectivity index (χ1) is 9.63. The fraction of sp³-hybridized carbons (Fsp3) is 0.357. The van der Waals surface area contributed by atoms with Crippen LogP contribution in [0.3, 0.4) is 0 Å². The highest BCUT2D eigenvalue weighted by Crippen LogP contribution is 2.20. The fourth-order valence-electron chi connectivity index (χ4n) is 2.53. The quantitative estimate of drug-likeness (QED) is 0.910. The number of hydrogen-bond donors (Lipinski definition) is 1. The van der Waals surface area contributed by atoms with E-state index in [1.807, 2.05) is 35.0 Å². The number of amides is 1. The summed E-state index contributed by atoms with van der Waals surface area (Å²) in [5.74, 6) is -1.30. The van der Waals surface area contributed by atoms with E-state index >= 15 is 0 Å². The van der Waals surface area contributed by atoms with Crippen molar-refractivity contribution in [1.82, 2.24) is 14.3 Å². The Morgan fingerprint density at radius 3 is 3.05 bits per heavy atom. The van der Waals surface area contributed by atoms with Gasteiger partial charge in [0, 0.05) is 25.4 Å². The average molecular weight is 273 g/mol. The third kappa shape index (κ3) is 2.36. The number of carbonyl (C=O) groups is 2. The zero-order valence-electron chi connectivity index (χ0n) is 10.9. The van der Waals surface area contributed by atoms with Gasteiger partial charge in [0.05, 0.1) is 18.2 Å². The molecule has 6 nitrogen and oxygen atoms in total. The predicted molar refractivity (Wildman–Crippen MR) is 71.0 cm³/mol. The lowest BCUT2D eigenvalue weighted by Gasteiger charge is -2.29. The molecule has 2 aromatic rings. The summed E-state index contributed by atoms with van der Waals surface area (Å²) in [6, 6.07) is 5.70. The van der Waals surface area contributed by atoms with Gasteiger partial charge >= 0.3 is 5.97 Å². The van der Waals surface area contributed by atoms with Gasteiger partial charge in [-0.25, -0.2) is 4.98 Å². The topological polar surface area (TPSA) is 74.9 Å². The molecule has 2 aromatic heterocycles. The molecule has 1 unspecified atom stereocenters. The Morgan fingerprint density at radius 1 is 1.45 bits per heavy atom. The number of hydrogen-bond acceptors (Lipinski definition) is 3. The van der Waals surface area contributed by atoms with E-state index < -0.39 is 11.9 Å². The zero-order valence-corrected chi connectivity index (χ0v) is 10.9. The minimum Gasteiger partial charge on any atom is -0.481 e. The first kappa shape index (κ1) is 12.7. The minimum absolute atomic E-state index is 0.000411. The smallest absolute Gasteiger partial charge is 0.308 e. The maximum absolute atomic E-state index is 11.9. The summed E-state index contributed by atoms with van der Waals surface area (Å²) in [6.07, 6.45) is 4.48. The highest BCUT2D eigenvalue weighted by Gasteiger charge is 2.30. The van der Waals surface area contributed by atoms with Crippen molar-refractivity contribution >= 4 is 17.5 Å². The molecule has 0 radical (unpaired) electrons. The van der Waals surface area contributed by atoms with Crippen molar-refractivity contribution in [3.8, 4) is 0 Å². The molecule has 0 spiro atoms. The molecule has 0 aliphatic carbocycles. The molecule has 3 rings (SSSR count). The summed E-state index contributed by atoms with van der Waals surface area (Å²) in [7, 11) is 0. The number of aliphatic carboxylic acids is 1. The van der Waals surface area contributed by atoms with Crippen LogP contribution < -0.4 is 0 Å². The number of fused-ring (bicyclic) bond motifs is 1. The van der Waals surface area contributed by atoms with Crippen molar-refractivity contribution in [3.63, 3.8) is 0 Å². The maximum atomic E-state index is 11.9. The lowest BCUT2D eigenvalue weighted by molar-refractivity contribution is -0.147. The Hall–Kier alpha value is -2.37. The first-order valence-electron chi connectivity index (χ1n) is 6.56. The van der Waals surface area contributed by atoms with Gasteiger partial charge in [-0.05, 0) is 18.6 Å². The van der Waals surface area contributed by atoms with Gasteiger partial charge in [0.2, 0.25) is 5.91 Å².